The van der Waals surface area contributed by atoms with E-state index in [4.69, 9.17) is 5.11 Å². The molecule has 2 aliphatic heterocycles. The number of hydrogen-bond donors (Lipinski definition) is 2. The molecule has 4 nitrogen and oxygen atoms in total. The highest BCUT2D eigenvalue weighted by molar-refractivity contribution is 5.69. The summed E-state index contributed by atoms with van der Waals surface area (Å²) >= 11 is 0. The molecule has 0 aliphatic carbocycles. The first-order valence-electron chi connectivity index (χ1n) is 5.61. The summed E-state index contributed by atoms with van der Waals surface area (Å²) in [5, 5.41) is 12.2. The van der Waals surface area contributed by atoms with Gasteiger partial charge in [-0.3, -0.25) is 9.69 Å². The largest absolute Gasteiger partial charge is 0.481 e. The van der Waals surface area contributed by atoms with Crippen LogP contribution in [0.15, 0.2) is 0 Å². The Labute approximate surface area is 90.6 Å². The lowest BCUT2D eigenvalue weighted by Gasteiger charge is -2.49. The Morgan fingerprint density at radius 2 is 2.13 bits per heavy atom. The standard InChI is InChI=1S/C11H20N2O2/c1-10(2)3-4-13(8-10)11(5-9(14)15)6-12-7-11/h12H,3-8H2,1-2H3,(H,14,15). The van der Waals surface area contributed by atoms with E-state index in [1.165, 1.54) is 6.42 Å². The molecule has 0 unspecified atom stereocenters. The maximum Gasteiger partial charge on any atom is 0.305 e. The van der Waals surface area contributed by atoms with Gasteiger partial charge in [-0.25, -0.2) is 0 Å². The molecule has 0 amide bonds. The predicted octanol–water partition coefficient (Wildman–Crippen LogP) is 0.535. The molecule has 2 rings (SSSR count). The smallest absolute Gasteiger partial charge is 0.305 e. The number of likely N-dealkylation sites (tertiary alicyclic amines) is 1. The Morgan fingerprint density at radius 1 is 1.47 bits per heavy atom. The van der Waals surface area contributed by atoms with Crippen LogP contribution in [0.4, 0.5) is 0 Å². The van der Waals surface area contributed by atoms with Gasteiger partial charge in [0.2, 0.25) is 0 Å². The van der Waals surface area contributed by atoms with Gasteiger partial charge in [0.25, 0.3) is 0 Å². The molecule has 2 fully saturated rings. The highest BCUT2D eigenvalue weighted by atomic mass is 16.4. The highest BCUT2D eigenvalue weighted by Crippen LogP contribution is 2.36. The van der Waals surface area contributed by atoms with Gasteiger partial charge in [-0.1, -0.05) is 13.8 Å². The molecule has 2 N–H and O–H groups in total. The summed E-state index contributed by atoms with van der Waals surface area (Å²) in [6, 6.07) is 0. The summed E-state index contributed by atoms with van der Waals surface area (Å²) < 4.78 is 0. The maximum atomic E-state index is 10.9. The topological polar surface area (TPSA) is 52.6 Å². The molecule has 0 spiro atoms. The van der Waals surface area contributed by atoms with Crippen molar-refractivity contribution in [1.82, 2.24) is 10.2 Å². The van der Waals surface area contributed by atoms with Crippen LogP contribution < -0.4 is 5.32 Å². The molecule has 15 heavy (non-hydrogen) atoms. The number of carbonyl (C=O) groups is 1. The van der Waals surface area contributed by atoms with Crippen LogP contribution in [-0.4, -0.2) is 47.7 Å². The first-order valence-corrected chi connectivity index (χ1v) is 5.61. The fraction of sp³-hybridized carbons (Fsp3) is 0.909. The molecule has 0 aromatic carbocycles. The third-order valence-corrected chi connectivity index (χ3v) is 3.74. The third kappa shape index (κ3) is 2.01. The van der Waals surface area contributed by atoms with E-state index in [0.29, 0.717) is 5.41 Å². The molecule has 4 heteroatoms. The predicted molar refractivity (Wildman–Crippen MR) is 57.8 cm³/mol. The summed E-state index contributed by atoms with van der Waals surface area (Å²) in [6.07, 6.45) is 1.45. The van der Waals surface area contributed by atoms with Crippen LogP contribution in [0.25, 0.3) is 0 Å². The third-order valence-electron chi connectivity index (χ3n) is 3.74. The average Bonchev–Trinajstić information content (AvgIpc) is 2.38. The molecule has 86 valence electrons. The van der Waals surface area contributed by atoms with E-state index in [1.807, 2.05) is 0 Å². The van der Waals surface area contributed by atoms with Crippen molar-refractivity contribution in [3.8, 4) is 0 Å². The van der Waals surface area contributed by atoms with E-state index >= 15 is 0 Å². The highest BCUT2D eigenvalue weighted by Gasteiger charge is 2.48. The molecule has 0 bridgehead atoms. The zero-order chi connectivity index (χ0) is 11.1. The Bertz CT molecular complexity index is 272. The second-order valence-corrected chi connectivity index (χ2v) is 5.73. The van der Waals surface area contributed by atoms with Crippen molar-refractivity contribution < 1.29 is 9.90 Å². The minimum Gasteiger partial charge on any atom is -0.481 e. The number of carboxylic acid groups (broad SMARTS) is 1. The van der Waals surface area contributed by atoms with E-state index in [0.717, 1.165) is 26.2 Å². The van der Waals surface area contributed by atoms with Gasteiger partial charge in [-0.15, -0.1) is 0 Å². The summed E-state index contributed by atoms with van der Waals surface area (Å²) in [4.78, 5) is 13.2. The fourth-order valence-electron chi connectivity index (χ4n) is 2.67. The lowest BCUT2D eigenvalue weighted by atomic mass is 9.86. The number of rotatable bonds is 3. The molecule has 0 aromatic heterocycles. The summed E-state index contributed by atoms with van der Waals surface area (Å²) in [7, 11) is 0. The Balaban J connectivity index is 2.04. The Morgan fingerprint density at radius 3 is 2.47 bits per heavy atom. The molecule has 0 saturated carbocycles. The molecular formula is C11H20N2O2. The summed E-state index contributed by atoms with van der Waals surface area (Å²) in [5.41, 5.74) is 0.251. The Hall–Kier alpha value is -0.610. The normalized spacial score (nSPS) is 28.7. The van der Waals surface area contributed by atoms with Crippen LogP contribution in [0.2, 0.25) is 0 Å². The van der Waals surface area contributed by atoms with Crippen LogP contribution in [0.5, 0.6) is 0 Å². The molecule has 2 aliphatic rings. The zero-order valence-corrected chi connectivity index (χ0v) is 9.55. The zero-order valence-electron chi connectivity index (χ0n) is 9.55. The molecule has 2 heterocycles. The van der Waals surface area contributed by atoms with Crippen LogP contribution in [0.3, 0.4) is 0 Å². The van der Waals surface area contributed by atoms with Crippen molar-refractivity contribution >= 4 is 5.97 Å². The molecule has 0 atom stereocenters. The number of hydrogen-bond acceptors (Lipinski definition) is 3. The van der Waals surface area contributed by atoms with Gasteiger partial charge in [0.05, 0.1) is 12.0 Å². The number of aliphatic carboxylic acids is 1. The second kappa shape index (κ2) is 3.46. The van der Waals surface area contributed by atoms with Crippen molar-refractivity contribution in [2.75, 3.05) is 26.2 Å². The van der Waals surface area contributed by atoms with Gasteiger partial charge >= 0.3 is 5.97 Å². The Kier molecular flexibility index (Phi) is 2.51. The van der Waals surface area contributed by atoms with Crippen molar-refractivity contribution in [1.29, 1.82) is 0 Å². The fourth-order valence-corrected chi connectivity index (χ4v) is 2.67. The minimum atomic E-state index is -0.679. The summed E-state index contributed by atoms with van der Waals surface area (Å²) in [5.74, 6) is -0.679. The number of nitrogens with zero attached hydrogens (tertiary/aromatic N) is 1. The van der Waals surface area contributed by atoms with Gasteiger partial charge in [0.15, 0.2) is 0 Å². The van der Waals surface area contributed by atoms with Crippen molar-refractivity contribution in [2.45, 2.75) is 32.2 Å². The summed E-state index contributed by atoms with van der Waals surface area (Å²) in [6.45, 7) is 8.25. The van der Waals surface area contributed by atoms with Crippen LogP contribution >= 0.6 is 0 Å². The first kappa shape index (κ1) is 10.9. The van der Waals surface area contributed by atoms with E-state index in [-0.39, 0.29) is 12.0 Å². The van der Waals surface area contributed by atoms with Gasteiger partial charge in [0, 0.05) is 19.6 Å². The first-order chi connectivity index (χ1) is 6.94. The molecular weight excluding hydrogens is 192 g/mol. The SMILES string of the molecule is CC1(C)CCN(C2(CC(=O)O)CNC2)C1. The second-order valence-electron chi connectivity index (χ2n) is 5.73. The van der Waals surface area contributed by atoms with Gasteiger partial charge in [0.1, 0.15) is 0 Å². The van der Waals surface area contributed by atoms with E-state index in [1.54, 1.807) is 0 Å². The number of carboxylic acids is 1. The molecule has 0 aromatic rings. The maximum absolute atomic E-state index is 10.9. The van der Waals surface area contributed by atoms with Crippen LogP contribution in [-0.2, 0) is 4.79 Å². The monoisotopic (exact) mass is 212 g/mol. The van der Waals surface area contributed by atoms with Gasteiger partial charge in [-0.05, 0) is 18.4 Å². The van der Waals surface area contributed by atoms with Crippen LogP contribution in [0.1, 0.15) is 26.7 Å². The van der Waals surface area contributed by atoms with E-state index in [2.05, 4.69) is 24.1 Å². The lowest BCUT2D eigenvalue weighted by molar-refractivity contribution is -0.141. The molecule has 0 radical (unpaired) electrons. The van der Waals surface area contributed by atoms with Crippen molar-refractivity contribution in [2.24, 2.45) is 5.41 Å². The van der Waals surface area contributed by atoms with E-state index < -0.39 is 5.97 Å². The van der Waals surface area contributed by atoms with Gasteiger partial charge in [-0.2, -0.15) is 0 Å². The molecule has 2 saturated heterocycles. The minimum absolute atomic E-state index is 0.0976. The quantitative estimate of drug-likeness (QED) is 0.716. The lowest BCUT2D eigenvalue weighted by Crippen LogP contribution is -2.69. The number of nitrogens with one attached hydrogen (secondary N) is 1. The van der Waals surface area contributed by atoms with Crippen LogP contribution in [0, 0.1) is 5.41 Å². The van der Waals surface area contributed by atoms with E-state index in [9.17, 15) is 4.79 Å². The average molecular weight is 212 g/mol. The van der Waals surface area contributed by atoms with Crippen molar-refractivity contribution in [3.63, 3.8) is 0 Å². The van der Waals surface area contributed by atoms with Gasteiger partial charge < -0.3 is 10.4 Å². The van der Waals surface area contributed by atoms with Crippen molar-refractivity contribution in [3.05, 3.63) is 0 Å².